The molecule has 0 unspecified atom stereocenters. The first kappa shape index (κ1) is 14.3. The van der Waals surface area contributed by atoms with Gasteiger partial charge in [0.25, 0.3) is 5.69 Å². The Balaban J connectivity index is 2.53. The molecule has 1 atom stereocenters. The van der Waals surface area contributed by atoms with Gasteiger partial charge in [0.15, 0.2) is 0 Å². The van der Waals surface area contributed by atoms with Crippen molar-refractivity contribution in [2.24, 2.45) is 0 Å². The summed E-state index contributed by atoms with van der Waals surface area (Å²) in [5.41, 5.74) is 0.319. The lowest BCUT2D eigenvalue weighted by molar-refractivity contribution is -0.385. The van der Waals surface area contributed by atoms with Gasteiger partial charge >= 0.3 is 0 Å². The van der Waals surface area contributed by atoms with Gasteiger partial charge in [-0.05, 0) is 19.9 Å². The number of nitro groups is 1. The van der Waals surface area contributed by atoms with Gasteiger partial charge in [0, 0.05) is 19.2 Å². The summed E-state index contributed by atoms with van der Waals surface area (Å²) in [6, 6.07) is 2.90. The van der Waals surface area contributed by atoms with E-state index >= 15 is 0 Å². The summed E-state index contributed by atoms with van der Waals surface area (Å²) in [6.45, 7) is 4.49. The highest BCUT2D eigenvalue weighted by Gasteiger charge is 2.12. The molecule has 18 heavy (non-hydrogen) atoms. The van der Waals surface area contributed by atoms with E-state index in [2.05, 4.69) is 10.3 Å². The molecule has 0 fully saturated rings. The Hall–Kier alpha value is -1.73. The lowest BCUT2D eigenvalue weighted by atomic mass is 10.3. The smallest absolute Gasteiger partial charge is 0.290 e. The molecule has 0 aliphatic carbocycles. The average Bonchev–Trinajstić information content (AvgIpc) is 2.33. The molecule has 0 saturated heterocycles. The van der Waals surface area contributed by atoms with Crippen LogP contribution in [0.1, 0.15) is 12.6 Å². The van der Waals surface area contributed by atoms with E-state index in [0.29, 0.717) is 18.1 Å². The minimum Gasteiger partial charge on any atom is -0.389 e. The lowest BCUT2D eigenvalue weighted by Crippen LogP contribution is -2.25. The van der Waals surface area contributed by atoms with Gasteiger partial charge in [-0.25, -0.2) is 4.98 Å². The zero-order valence-electron chi connectivity index (χ0n) is 10.4. The van der Waals surface area contributed by atoms with Crippen molar-refractivity contribution in [3.63, 3.8) is 0 Å². The molecule has 7 nitrogen and oxygen atoms in total. The van der Waals surface area contributed by atoms with E-state index in [9.17, 15) is 15.2 Å². The second-order valence-electron chi connectivity index (χ2n) is 3.75. The van der Waals surface area contributed by atoms with Gasteiger partial charge in [0.05, 0.1) is 17.6 Å². The molecule has 1 aromatic heterocycles. The van der Waals surface area contributed by atoms with Gasteiger partial charge in [-0.3, -0.25) is 10.1 Å². The minimum atomic E-state index is -0.637. The number of aryl methyl sites for hydroxylation is 1. The summed E-state index contributed by atoms with van der Waals surface area (Å²) in [6.07, 6.45) is -0.637. The third kappa shape index (κ3) is 4.27. The van der Waals surface area contributed by atoms with Crippen LogP contribution in [0.2, 0.25) is 0 Å². The lowest BCUT2D eigenvalue weighted by Gasteiger charge is -2.12. The summed E-state index contributed by atoms with van der Waals surface area (Å²) in [7, 11) is 0. The predicted octanol–water partition coefficient (Wildman–Crippen LogP) is 1.11. The fourth-order valence-corrected chi connectivity index (χ4v) is 1.38. The normalized spacial score (nSPS) is 12.2. The van der Waals surface area contributed by atoms with Crippen LogP contribution >= 0.6 is 0 Å². The molecule has 0 spiro atoms. The summed E-state index contributed by atoms with van der Waals surface area (Å²) in [5, 5.41) is 23.0. The molecule has 0 bridgehead atoms. The highest BCUT2D eigenvalue weighted by molar-refractivity contribution is 5.44. The summed E-state index contributed by atoms with van der Waals surface area (Å²) in [4.78, 5) is 14.2. The number of aromatic nitrogens is 1. The molecule has 0 radical (unpaired) electrons. The number of anilines is 1. The van der Waals surface area contributed by atoms with Gasteiger partial charge in [-0.1, -0.05) is 0 Å². The quantitative estimate of drug-likeness (QED) is 0.559. The first-order valence-corrected chi connectivity index (χ1v) is 5.66. The van der Waals surface area contributed by atoms with Crippen LogP contribution in [0.15, 0.2) is 12.1 Å². The highest BCUT2D eigenvalue weighted by atomic mass is 16.6. The number of nitrogens with zero attached hydrogens (tertiary/aromatic N) is 2. The Labute approximate surface area is 105 Å². The second-order valence-corrected chi connectivity index (χ2v) is 3.75. The fourth-order valence-electron chi connectivity index (χ4n) is 1.38. The van der Waals surface area contributed by atoms with Crippen LogP contribution in [0.25, 0.3) is 0 Å². The van der Waals surface area contributed by atoms with E-state index < -0.39 is 11.0 Å². The molecule has 0 aliphatic rings. The molecule has 2 N–H and O–H groups in total. The Kier molecular flexibility index (Phi) is 5.47. The van der Waals surface area contributed by atoms with Crippen molar-refractivity contribution in [1.29, 1.82) is 0 Å². The van der Waals surface area contributed by atoms with Crippen LogP contribution in [-0.4, -0.2) is 40.9 Å². The molecule has 0 aromatic carbocycles. The van der Waals surface area contributed by atoms with Gasteiger partial charge in [0.2, 0.25) is 0 Å². The minimum absolute atomic E-state index is 0.0181. The molecule has 0 amide bonds. The third-order valence-electron chi connectivity index (χ3n) is 2.29. The average molecular weight is 255 g/mol. The van der Waals surface area contributed by atoms with E-state index in [1.54, 1.807) is 6.92 Å². The molecule has 0 saturated carbocycles. The summed E-state index contributed by atoms with van der Waals surface area (Å²) < 4.78 is 5.06. The maximum Gasteiger partial charge on any atom is 0.290 e. The largest absolute Gasteiger partial charge is 0.389 e. The topological polar surface area (TPSA) is 97.5 Å². The van der Waals surface area contributed by atoms with Crippen molar-refractivity contribution in [1.82, 2.24) is 4.98 Å². The van der Waals surface area contributed by atoms with Gasteiger partial charge < -0.3 is 15.2 Å². The van der Waals surface area contributed by atoms with Gasteiger partial charge in [-0.2, -0.15) is 0 Å². The Morgan fingerprint density at radius 1 is 1.61 bits per heavy atom. The van der Waals surface area contributed by atoms with Crippen molar-refractivity contribution >= 4 is 11.5 Å². The maximum absolute atomic E-state index is 10.6. The second kappa shape index (κ2) is 6.87. The number of nitrogens with one attached hydrogen (secondary N) is 1. The van der Waals surface area contributed by atoms with Crippen molar-refractivity contribution in [3.8, 4) is 0 Å². The van der Waals surface area contributed by atoms with E-state index in [0.717, 1.165) is 0 Å². The van der Waals surface area contributed by atoms with Gasteiger partial charge in [-0.15, -0.1) is 0 Å². The summed E-state index contributed by atoms with van der Waals surface area (Å²) in [5.74, 6) is 0.494. The maximum atomic E-state index is 10.6. The van der Waals surface area contributed by atoms with Crippen LogP contribution in [0, 0.1) is 17.0 Å². The zero-order chi connectivity index (χ0) is 13.5. The third-order valence-corrected chi connectivity index (χ3v) is 2.29. The number of aliphatic hydroxyl groups is 1. The van der Waals surface area contributed by atoms with Crippen LogP contribution < -0.4 is 5.32 Å². The number of hydrogen-bond acceptors (Lipinski definition) is 6. The molecule has 1 rings (SSSR count). The molecule has 1 aromatic rings. The van der Waals surface area contributed by atoms with E-state index in [1.165, 1.54) is 12.1 Å². The van der Waals surface area contributed by atoms with E-state index in [4.69, 9.17) is 4.74 Å². The molecule has 7 heteroatoms. The van der Waals surface area contributed by atoms with E-state index in [-0.39, 0.29) is 18.8 Å². The number of aliphatic hydroxyl groups excluding tert-OH is 1. The number of pyridine rings is 1. The Morgan fingerprint density at radius 3 is 2.89 bits per heavy atom. The van der Waals surface area contributed by atoms with Crippen molar-refractivity contribution < 1.29 is 14.8 Å². The molecule has 1 heterocycles. The molecule has 100 valence electrons. The number of rotatable bonds is 7. The molecular weight excluding hydrogens is 238 g/mol. The van der Waals surface area contributed by atoms with Crippen molar-refractivity contribution in [3.05, 3.63) is 27.9 Å². The molecular formula is C11H17N3O4. The first-order valence-electron chi connectivity index (χ1n) is 5.66. The van der Waals surface area contributed by atoms with Crippen LogP contribution in [0.3, 0.4) is 0 Å². The predicted molar refractivity (Wildman–Crippen MR) is 66.6 cm³/mol. The molecule has 0 aliphatic heterocycles. The SMILES string of the molecule is CCOC[C@H](O)CNc1ccc([N+](=O)[O-])c(C)n1. The van der Waals surface area contributed by atoms with E-state index in [1.807, 2.05) is 6.92 Å². The van der Waals surface area contributed by atoms with Crippen LogP contribution in [0.4, 0.5) is 11.5 Å². The van der Waals surface area contributed by atoms with Crippen LogP contribution in [0.5, 0.6) is 0 Å². The Bertz CT molecular complexity index is 411. The first-order chi connectivity index (χ1) is 8.54. The van der Waals surface area contributed by atoms with Gasteiger partial charge in [0.1, 0.15) is 11.5 Å². The zero-order valence-corrected chi connectivity index (χ0v) is 10.4. The van der Waals surface area contributed by atoms with Crippen molar-refractivity contribution in [2.45, 2.75) is 20.0 Å². The number of ether oxygens (including phenoxy) is 1. The summed E-state index contributed by atoms with van der Waals surface area (Å²) >= 11 is 0. The van der Waals surface area contributed by atoms with Crippen molar-refractivity contribution in [2.75, 3.05) is 25.1 Å². The standard InChI is InChI=1S/C11H17N3O4/c1-3-18-7-9(15)6-12-11-5-4-10(14(16)17)8(2)13-11/h4-5,9,15H,3,6-7H2,1-2H3,(H,12,13)/t9-/m1/s1. The Morgan fingerprint density at radius 2 is 2.33 bits per heavy atom. The fraction of sp³-hybridized carbons (Fsp3) is 0.545. The van der Waals surface area contributed by atoms with Crippen LogP contribution in [-0.2, 0) is 4.74 Å². The highest BCUT2D eigenvalue weighted by Crippen LogP contribution is 2.17. The monoisotopic (exact) mass is 255 g/mol. The number of hydrogen-bond donors (Lipinski definition) is 2.